The van der Waals surface area contributed by atoms with Gasteiger partial charge < -0.3 is 5.32 Å². The van der Waals surface area contributed by atoms with Crippen molar-refractivity contribution >= 4 is 6.41 Å². The zero-order valence-corrected chi connectivity index (χ0v) is 7.03. The van der Waals surface area contributed by atoms with Crippen molar-refractivity contribution in [3.8, 4) is 0 Å². The van der Waals surface area contributed by atoms with E-state index >= 15 is 0 Å². The maximum Gasteiger partial charge on any atom is 0.207 e. The zero-order valence-electron chi connectivity index (χ0n) is 7.03. The molecule has 2 nitrogen and oxygen atoms in total. The normalized spacial score (nSPS) is 11.8. The van der Waals surface area contributed by atoms with Crippen molar-refractivity contribution in [1.29, 1.82) is 0 Å². The van der Waals surface area contributed by atoms with Crippen LogP contribution in [0.15, 0.2) is 36.9 Å². The van der Waals surface area contributed by atoms with E-state index in [1.165, 1.54) is 12.1 Å². The Hall–Kier alpha value is -1.64. The Morgan fingerprint density at radius 1 is 1.38 bits per heavy atom. The van der Waals surface area contributed by atoms with Crippen LogP contribution < -0.4 is 5.32 Å². The molecule has 13 heavy (non-hydrogen) atoms. The monoisotopic (exact) mass is 179 g/mol. The number of carbonyl (C=O) groups excluding carboxylic acids is 1. The van der Waals surface area contributed by atoms with Crippen LogP contribution in [0.25, 0.3) is 0 Å². The van der Waals surface area contributed by atoms with Crippen LogP contribution in [-0.2, 0) is 4.79 Å². The highest BCUT2D eigenvalue weighted by atomic mass is 19.1. The fraction of sp³-hybridized carbons (Fsp3) is 0.100. The van der Waals surface area contributed by atoms with Gasteiger partial charge in [0.05, 0.1) is 6.04 Å². The van der Waals surface area contributed by atoms with Crippen LogP contribution in [0.5, 0.6) is 0 Å². The van der Waals surface area contributed by atoms with E-state index in [4.69, 9.17) is 0 Å². The molecule has 0 aliphatic carbocycles. The maximum atomic E-state index is 12.5. The summed E-state index contributed by atoms with van der Waals surface area (Å²) in [5.41, 5.74) is 0.809. The number of halogens is 1. The van der Waals surface area contributed by atoms with E-state index in [1.807, 2.05) is 0 Å². The first-order chi connectivity index (χ1) is 6.27. The second-order valence-electron chi connectivity index (χ2n) is 2.55. The highest BCUT2D eigenvalue weighted by molar-refractivity contribution is 5.48. The van der Waals surface area contributed by atoms with Crippen molar-refractivity contribution in [2.24, 2.45) is 0 Å². The van der Waals surface area contributed by atoms with Gasteiger partial charge in [-0.15, -0.1) is 6.58 Å². The molecule has 0 saturated heterocycles. The lowest BCUT2D eigenvalue weighted by Crippen LogP contribution is -2.16. The second kappa shape index (κ2) is 4.40. The van der Waals surface area contributed by atoms with E-state index in [1.54, 1.807) is 18.2 Å². The number of rotatable bonds is 4. The Kier molecular flexibility index (Phi) is 3.20. The van der Waals surface area contributed by atoms with Crippen LogP contribution in [0.4, 0.5) is 4.39 Å². The van der Waals surface area contributed by atoms with Crippen LogP contribution >= 0.6 is 0 Å². The van der Waals surface area contributed by atoms with Crippen molar-refractivity contribution in [1.82, 2.24) is 5.32 Å². The fourth-order valence-electron chi connectivity index (χ4n) is 1.04. The van der Waals surface area contributed by atoms with E-state index in [9.17, 15) is 9.18 Å². The Morgan fingerprint density at radius 2 is 2.00 bits per heavy atom. The molecular formula is C10H10FNO. The predicted molar refractivity (Wildman–Crippen MR) is 48.5 cm³/mol. The summed E-state index contributed by atoms with van der Waals surface area (Å²) in [5.74, 6) is -0.294. The quantitative estimate of drug-likeness (QED) is 0.554. The van der Waals surface area contributed by atoms with Gasteiger partial charge in [0.25, 0.3) is 0 Å². The van der Waals surface area contributed by atoms with E-state index in [0.29, 0.717) is 6.41 Å². The van der Waals surface area contributed by atoms with Gasteiger partial charge in [0.1, 0.15) is 5.82 Å². The Balaban J connectivity index is 2.84. The smallest absolute Gasteiger partial charge is 0.207 e. The molecule has 0 radical (unpaired) electrons. The third kappa shape index (κ3) is 2.40. The lowest BCUT2D eigenvalue weighted by atomic mass is 10.1. The molecular weight excluding hydrogens is 169 g/mol. The summed E-state index contributed by atoms with van der Waals surface area (Å²) in [6, 6.07) is 5.66. The highest BCUT2D eigenvalue weighted by Gasteiger charge is 2.04. The first-order valence-electron chi connectivity index (χ1n) is 3.85. The van der Waals surface area contributed by atoms with Crippen LogP contribution in [0.1, 0.15) is 11.6 Å². The van der Waals surface area contributed by atoms with Crippen molar-refractivity contribution < 1.29 is 9.18 Å². The molecule has 0 aliphatic rings. The lowest BCUT2D eigenvalue weighted by Gasteiger charge is -2.10. The minimum Gasteiger partial charge on any atom is -0.348 e. The standard InChI is InChI=1S/C10H10FNO/c1-2-10(12-7-13)8-3-5-9(11)6-4-8/h2-7,10H,1H2,(H,12,13)/t10-/m0/s1. The summed E-state index contributed by atoms with van der Waals surface area (Å²) >= 11 is 0. The summed E-state index contributed by atoms with van der Waals surface area (Å²) in [6.45, 7) is 3.56. The van der Waals surface area contributed by atoms with Crippen LogP contribution in [0.3, 0.4) is 0 Å². The molecule has 1 N–H and O–H groups in total. The molecule has 0 aliphatic heterocycles. The SMILES string of the molecule is C=C[C@H](NC=O)c1ccc(F)cc1. The Labute approximate surface area is 76.1 Å². The van der Waals surface area contributed by atoms with Gasteiger partial charge in [0, 0.05) is 0 Å². The predicted octanol–water partition coefficient (Wildman–Crippen LogP) is 1.80. The van der Waals surface area contributed by atoms with Crippen molar-refractivity contribution in [3.05, 3.63) is 48.3 Å². The first-order valence-corrected chi connectivity index (χ1v) is 3.85. The van der Waals surface area contributed by atoms with Crippen LogP contribution in [0, 0.1) is 5.82 Å². The van der Waals surface area contributed by atoms with Gasteiger partial charge >= 0.3 is 0 Å². The van der Waals surface area contributed by atoms with Gasteiger partial charge in [-0.05, 0) is 17.7 Å². The molecule has 1 aromatic rings. The zero-order chi connectivity index (χ0) is 9.68. The van der Waals surface area contributed by atoms with E-state index in [-0.39, 0.29) is 11.9 Å². The summed E-state index contributed by atoms with van der Waals surface area (Å²) < 4.78 is 12.5. The molecule has 0 saturated carbocycles. The molecule has 0 spiro atoms. The molecule has 68 valence electrons. The van der Waals surface area contributed by atoms with Crippen molar-refractivity contribution in [2.75, 3.05) is 0 Å². The minimum atomic E-state index is -0.294. The molecule has 1 amide bonds. The van der Waals surface area contributed by atoms with Gasteiger partial charge in [-0.25, -0.2) is 4.39 Å². The summed E-state index contributed by atoms with van der Waals surface area (Å²) in [6.07, 6.45) is 2.18. The summed E-state index contributed by atoms with van der Waals surface area (Å²) in [7, 11) is 0. The van der Waals surface area contributed by atoms with Crippen LogP contribution in [-0.4, -0.2) is 6.41 Å². The van der Waals surface area contributed by atoms with Gasteiger partial charge in [-0.1, -0.05) is 18.2 Å². The van der Waals surface area contributed by atoms with E-state index < -0.39 is 0 Å². The van der Waals surface area contributed by atoms with Crippen molar-refractivity contribution in [2.45, 2.75) is 6.04 Å². The molecule has 1 rings (SSSR count). The Morgan fingerprint density at radius 3 is 2.46 bits per heavy atom. The molecule has 3 heteroatoms. The van der Waals surface area contributed by atoms with Gasteiger partial charge in [-0.3, -0.25) is 4.79 Å². The van der Waals surface area contributed by atoms with Gasteiger partial charge in [-0.2, -0.15) is 0 Å². The number of benzene rings is 1. The molecule has 1 atom stereocenters. The average Bonchev–Trinajstić information content (AvgIpc) is 2.16. The average molecular weight is 179 g/mol. The van der Waals surface area contributed by atoms with Gasteiger partial charge in [0.2, 0.25) is 6.41 Å². The topological polar surface area (TPSA) is 29.1 Å². The Bertz CT molecular complexity index is 294. The van der Waals surface area contributed by atoms with Crippen molar-refractivity contribution in [3.63, 3.8) is 0 Å². The molecule has 0 fully saturated rings. The molecule has 0 unspecified atom stereocenters. The number of nitrogens with one attached hydrogen (secondary N) is 1. The van der Waals surface area contributed by atoms with Gasteiger partial charge in [0.15, 0.2) is 0 Å². The summed E-state index contributed by atoms with van der Waals surface area (Å²) in [4.78, 5) is 10.2. The molecule has 0 heterocycles. The largest absolute Gasteiger partial charge is 0.348 e. The minimum absolute atomic E-state index is 0.252. The fourth-order valence-corrected chi connectivity index (χ4v) is 1.04. The van der Waals surface area contributed by atoms with Crippen LogP contribution in [0.2, 0.25) is 0 Å². The first kappa shape index (κ1) is 9.45. The molecule has 1 aromatic carbocycles. The second-order valence-corrected chi connectivity index (χ2v) is 2.55. The van der Waals surface area contributed by atoms with E-state index in [2.05, 4.69) is 11.9 Å². The third-order valence-electron chi connectivity index (χ3n) is 1.71. The number of carbonyl (C=O) groups is 1. The number of hydrogen-bond donors (Lipinski definition) is 1. The van der Waals surface area contributed by atoms with E-state index in [0.717, 1.165) is 5.56 Å². The number of amides is 1. The highest BCUT2D eigenvalue weighted by Crippen LogP contribution is 2.13. The summed E-state index contributed by atoms with van der Waals surface area (Å²) in [5, 5.41) is 2.55. The lowest BCUT2D eigenvalue weighted by molar-refractivity contribution is -0.109. The third-order valence-corrected chi connectivity index (χ3v) is 1.71. The molecule has 0 aromatic heterocycles. The molecule has 0 bridgehead atoms. The number of hydrogen-bond acceptors (Lipinski definition) is 1. The maximum absolute atomic E-state index is 12.5.